The largest absolute Gasteiger partial charge is 0.250 e. The van der Waals surface area contributed by atoms with Crippen LogP contribution >= 0.6 is 35.8 Å². The highest BCUT2D eigenvalue weighted by Crippen LogP contribution is 2.24. The van der Waals surface area contributed by atoms with E-state index in [9.17, 15) is 0 Å². The van der Waals surface area contributed by atoms with Gasteiger partial charge in [-0.2, -0.15) is 0 Å². The molecule has 0 saturated heterocycles. The molecule has 90 valence electrons. The molecule has 17 heavy (non-hydrogen) atoms. The lowest BCUT2D eigenvalue weighted by Gasteiger charge is -2.04. The van der Waals surface area contributed by atoms with Crippen molar-refractivity contribution in [1.82, 2.24) is 4.98 Å². The normalized spacial score (nSPS) is 9.76. The lowest BCUT2D eigenvalue weighted by Crippen LogP contribution is -1.86. The van der Waals surface area contributed by atoms with Gasteiger partial charge in [-0.25, -0.2) is 4.98 Å². The molecule has 0 saturated carbocycles. The van der Waals surface area contributed by atoms with Crippen molar-refractivity contribution in [2.24, 2.45) is 0 Å². The van der Waals surface area contributed by atoms with Gasteiger partial charge in [0.25, 0.3) is 0 Å². The maximum Gasteiger partial charge on any atom is 0.0992 e. The molecule has 1 aromatic carbocycles. The van der Waals surface area contributed by atoms with E-state index >= 15 is 0 Å². The standard InChI is InChI=1S/C13H12ClNS.ClH/c1-10-3-2-8-15-13(10)16-9-11-4-6-12(14)7-5-11;/h2-8H,9H2,1H3;1H. The first-order valence-corrected chi connectivity index (χ1v) is 6.41. The van der Waals surface area contributed by atoms with Gasteiger partial charge in [0.05, 0.1) is 5.03 Å². The molecule has 0 N–H and O–H groups in total. The molecule has 0 spiro atoms. The summed E-state index contributed by atoms with van der Waals surface area (Å²) in [6.07, 6.45) is 1.83. The molecular formula is C13H13Cl2NS. The predicted octanol–water partition coefficient (Wildman–Crippen LogP) is 4.76. The second-order valence-corrected chi connectivity index (χ2v) is 4.94. The maximum absolute atomic E-state index is 5.83. The van der Waals surface area contributed by atoms with Crippen LogP contribution in [0.15, 0.2) is 47.6 Å². The Kier molecular flexibility index (Phi) is 5.83. The SMILES string of the molecule is Cc1cccnc1SCc1ccc(Cl)cc1.Cl. The molecule has 0 aliphatic heterocycles. The Bertz CT molecular complexity index is 471. The Morgan fingerprint density at radius 3 is 2.53 bits per heavy atom. The summed E-state index contributed by atoms with van der Waals surface area (Å²) in [7, 11) is 0. The molecule has 1 aromatic heterocycles. The van der Waals surface area contributed by atoms with Crippen molar-refractivity contribution in [2.75, 3.05) is 0 Å². The summed E-state index contributed by atoms with van der Waals surface area (Å²) in [6, 6.07) is 12.0. The average molecular weight is 286 g/mol. The minimum absolute atomic E-state index is 0. The van der Waals surface area contributed by atoms with Crippen LogP contribution in [-0.2, 0) is 5.75 Å². The number of benzene rings is 1. The summed E-state index contributed by atoms with van der Waals surface area (Å²) < 4.78 is 0. The van der Waals surface area contributed by atoms with Crippen LogP contribution in [0.2, 0.25) is 5.02 Å². The van der Waals surface area contributed by atoms with Crippen LogP contribution in [0.5, 0.6) is 0 Å². The zero-order valence-corrected chi connectivity index (χ0v) is 11.8. The summed E-state index contributed by atoms with van der Waals surface area (Å²) in [4.78, 5) is 4.35. The van der Waals surface area contributed by atoms with Gasteiger partial charge in [0.15, 0.2) is 0 Å². The first-order valence-electron chi connectivity index (χ1n) is 5.04. The number of hydrogen-bond donors (Lipinski definition) is 0. The summed E-state index contributed by atoms with van der Waals surface area (Å²) >= 11 is 7.59. The number of aromatic nitrogens is 1. The van der Waals surface area contributed by atoms with Gasteiger partial charge in [0.1, 0.15) is 0 Å². The van der Waals surface area contributed by atoms with Crippen LogP contribution in [0.4, 0.5) is 0 Å². The molecule has 1 heterocycles. The van der Waals surface area contributed by atoms with Crippen molar-refractivity contribution in [3.63, 3.8) is 0 Å². The second kappa shape index (κ2) is 6.90. The zero-order chi connectivity index (χ0) is 11.4. The molecule has 0 aliphatic rings. The second-order valence-electron chi connectivity index (χ2n) is 3.54. The Morgan fingerprint density at radius 2 is 1.88 bits per heavy atom. The minimum Gasteiger partial charge on any atom is -0.250 e. The third kappa shape index (κ3) is 4.23. The maximum atomic E-state index is 5.83. The van der Waals surface area contributed by atoms with Gasteiger partial charge in [-0.15, -0.1) is 24.2 Å². The lowest BCUT2D eigenvalue weighted by atomic mass is 10.2. The summed E-state index contributed by atoms with van der Waals surface area (Å²) in [5.41, 5.74) is 2.49. The van der Waals surface area contributed by atoms with Gasteiger partial charge in [-0.3, -0.25) is 0 Å². The van der Waals surface area contributed by atoms with Crippen LogP contribution in [0.3, 0.4) is 0 Å². The fraction of sp³-hybridized carbons (Fsp3) is 0.154. The first kappa shape index (κ1) is 14.4. The van der Waals surface area contributed by atoms with E-state index < -0.39 is 0 Å². The van der Waals surface area contributed by atoms with Gasteiger partial charge in [-0.1, -0.05) is 29.8 Å². The van der Waals surface area contributed by atoms with Crippen molar-refractivity contribution < 1.29 is 0 Å². The highest BCUT2D eigenvalue weighted by atomic mass is 35.5. The summed E-state index contributed by atoms with van der Waals surface area (Å²) in [6.45, 7) is 2.08. The van der Waals surface area contributed by atoms with E-state index in [1.165, 1.54) is 11.1 Å². The van der Waals surface area contributed by atoms with E-state index in [0.717, 1.165) is 15.8 Å². The minimum atomic E-state index is 0. The van der Waals surface area contributed by atoms with Crippen LogP contribution in [-0.4, -0.2) is 4.98 Å². The van der Waals surface area contributed by atoms with Crippen LogP contribution in [0, 0.1) is 6.92 Å². The van der Waals surface area contributed by atoms with E-state index in [1.54, 1.807) is 11.8 Å². The van der Waals surface area contributed by atoms with E-state index in [2.05, 4.69) is 18.0 Å². The average Bonchev–Trinajstić information content (AvgIpc) is 2.30. The molecule has 0 atom stereocenters. The number of nitrogens with zero attached hydrogens (tertiary/aromatic N) is 1. The van der Waals surface area contributed by atoms with E-state index in [0.29, 0.717) is 0 Å². The third-order valence-electron chi connectivity index (χ3n) is 2.25. The molecular weight excluding hydrogens is 273 g/mol. The Morgan fingerprint density at radius 1 is 1.18 bits per heavy atom. The highest BCUT2D eigenvalue weighted by molar-refractivity contribution is 7.98. The van der Waals surface area contributed by atoms with Crippen LogP contribution < -0.4 is 0 Å². The van der Waals surface area contributed by atoms with Gasteiger partial charge < -0.3 is 0 Å². The van der Waals surface area contributed by atoms with Crippen molar-refractivity contribution in [3.8, 4) is 0 Å². The first-order chi connectivity index (χ1) is 7.75. The summed E-state index contributed by atoms with van der Waals surface area (Å²) in [5, 5.41) is 1.88. The Balaban J connectivity index is 0.00000144. The van der Waals surface area contributed by atoms with Crippen molar-refractivity contribution in [3.05, 3.63) is 58.7 Å². The summed E-state index contributed by atoms with van der Waals surface area (Å²) in [5.74, 6) is 0.926. The molecule has 2 rings (SSSR count). The molecule has 4 heteroatoms. The van der Waals surface area contributed by atoms with Crippen molar-refractivity contribution in [2.45, 2.75) is 17.7 Å². The number of rotatable bonds is 3. The quantitative estimate of drug-likeness (QED) is 0.755. The fourth-order valence-corrected chi connectivity index (χ4v) is 2.41. The molecule has 0 bridgehead atoms. The molecule has 1 nitrogen and oxygen atoms in total. The fourth-order valence-electron chi connectivity index (χ4n) is 1.35. The predicted molar refractivity (Wildman–Crippen MR) is 77.2 cm³/mol. The number of pyridine rings is 1. The number of thioether (sulfide) groups is 1. The molecule has 0 unspecified atom stereocenters. The van der Waals surface area contributed by atoms with Crippen LogP contribution in [0.1, 0.15) is 11.1 Å². The van der Waals surface area contributed by atoms with Crippen LogP contribution in [0.25, 0.3) is 0 Å². The molecule has 0 aliphatic carbocycles. The molecule has 0 amide bonds. The molecule has 0 fully saturated rings. The smallest absolute Gasteiger partial charge is 0.0992 e. The number of hydrogen-bond acceptors (Lipinski definition) is 2. The Labute approximate surface area is 117 Å². The van der Waals surface area contributed by atoms with Gasteiger partial charge in [0.2, 0.25) is 0 Å². The van der Waals surface area contributed by atoms with Crippen molar-refractivity contribution in [1.29, 1.82) is 0 Å². The van der Waals surface area contributed by atoms with E-state index in [4.69, 9.17) is 11.6 Å². The molecule has 2 aromatic rings. The third-order valence-corrected chi connectivity index (χ3v) is 3.68. The van der Waals surface area contributed by atoms with E-state index in [1.807, 2.05) is 36.5 Å². The van der Waals surface area contributed by atoms with Gasteiger partial charge >= 0.3 is 0 Å². The monoisotopic (exact) mass is 285 g/mol. The van der Waals surface area contributed by atoms with E-state index in [-0.39, 0.29) is 12.4 Å². The topological polar surface area (TPSA) is 12.9 Å². The molecule has 0 radical (unpaired) electrons. The number of halogens is 2. The van der Waals surface area contributed by atoms with Crippen molar-refractivity contribution >= 4 is 35.8 Å². The lowest BCUT2D eigenvalue weighted by molar-refractivity contribution is 1.08. The highest BCUT2D eigenvalue weighted by Gasteiger charge is 2.00. The van der Waals surface area contributed by atoms with Gasteiger partial charge in [0, 0.05) is 17.0 Å². The zero-order valence-electron chi connectivity index (χ0n) is 9.39. The Hall–Kier alpha value is -0.700. The van der Waals surface area contributed by atoms with Gasteiger partial charge in [-0.05, 0) is 36.2 Å². The number of aryl methyl sites for hydroxylation is 1.